The number of benzene rings is 4. The summed E-state index contributed by atoms with van der Waals surface area (Å²) in [5, 5.41) is 21.7. The van der Waals surface area contributed by atoms with Gasteiger partial charge in [0.2, 0.25) is 5.91 Å². The van der Waals surface area contributed by atoms with Crippen molar-refractivity contribution in [3.8, 4) is 10.4 Å². The second kappa shape index (κ2) is 23.9. The number of epoxide rings is 1. The van der Waals surface area contributed by atoms with Gasteiger partial charge in [-0.25, -0.2) is 9.59 Å². The van der Waals surface area contributed by atoms with Crippen molar-refractivity contribution in [1.82, 2.24) is 41.8 Å². The van der Waals surface area contributed by atoms with Crippen LogP contribution in [-0.2, 0) is 59.2 Å². The summed E-state index contributed by atoms with van der Waals surface area (Å²) >= 11 is 1.63. The Bertz CT molecular complexity index is 3270. The molecule has 0 spiro atoms. The summed E-state index contributed by atoms with van der Waals surface area (Å²) in [4.78, 5) is 94.9. The van der Waals surface area contributed by atoms with Crippen LogP contribution < -0.4 is 21.5 Å². The van der Waals surface area contributed by atoms with Crippen molar-refractivity contribution >= 4 is 63.6 Å². The molecule has 5 atom stereocenters. The molecule has 4 aromatic carbocycles. The normalized spacial score (nSPS) is 14.9. The minimum absolute atomic E-state index is 0.0524. The van der Waals surface area contributed by atoms with Crippen LogP contribution in [0.4, 0.5) is 4.79 Å². The fraction of sp³-hybridized carbons (Fsp3) is 0.278. The first-order chi connectivity index (χ1) is 36.1. The number of fused-ring (bicyclic) bond motifs is 1. The number of aromatic nitrogens is 4. The van der Waals surface area contributed by atoms with E-state index in [0.29, 0.717) is 23.2 Å². The van der Waals surface area contributed by atoms with E-state index in [1.165, 1.54) is 19.2 Å². The van der Waals surface area contributed by atoms with Gasteiger partial charge in [0, 0.05) is 29.7 Å². The van der Waals surface area contributed by atoms with E-state index in [1.54, 1.807) is 23.5 Å². The molecule has 1 fully saturated rings. The number of ether oxygens (including phenoxy) is 4. The number of aryl methyl sites for hydroxylation is 4. The predicted molar refractivity (Wildman–Crippen MR) is 271 cm³/mol. The molecule has 3 unspecified atom stereocenters. The number of nitrogens with one attached hydrogen (secondary N) is 4. The maximum Gasteiger partial charge on any atom is 0.508 e. The Kier molecular flexibility index (Phi) is 16.8. The third-order valence-electron chi connectivity index (χ3n) is 12.3. The highest BCUT2D eigenvalue weighted by Gasteiger charge is 2.52. The van der Waals surface area contributed by atoms with E-state index in [2.05, 4.69) is 46.6 Å². The number of carbonyl (C=O) groups is 7. The standard InChI is InChI=1S/C54H52N8O12S/c1-29-14-16-34(17-20-44-58-52(74-62-44)46(64)32(4)72-54(69)70-5)41(25-29)50(66)57-31(3)38-12-7-10-36-26-33(15-18-39(36)38)28-71-53(68)48-47(73-48)51(67)61-60-45(63)21-19-42-40(22-23-55-59-42)49(65)56-30(2)35-9-6-11-37(27-35)43-13-8-24-75-43/h6-16,18,22-27,30-32,47-48H,17,19-21,28H2,1-5H3,(H,56,65)(H,57,66)(H,60,63)(H,61,67)/t30-,31-,32?,47?,48?/m1/s1. The van der Waals surface area contributed by atoms with E-state index in [9.17, 15) is 33.6 Å². The van der Waals surface area contributed by atoms with E-state index in [4.69, 9.17) is 18.7 Å². The molecule has 0 radical (unpaired) electrons. The third-order valence-corrected chi connectivity index (χ3v) is 13.2. The van der Waals surface area contributed by atoms with Gasteiger partial charge < -0.3 is 34.1 Å². The number of hydrogen-bond donors (Lipinski definition) is 4. The van der Waals surface area contributed by atoms with E-state index < -0.39 is 54.1 Å². The molecule has 8 rings (SSSR count). The summed E-state index contributed by atoms with van der Waals surface area (Å²) in [6, 6.07) is 29.5. The number of Topliss-reactive ketones (excluding diaryl/α,β-unsaturated/α-hetero) is 1. The highest BCUT2D eigenvalue weighted by molar-refractivity contribution is 7.13. The molecule has 21 heteroatoms. The number of rotatable bonds is 20. The molecular weight excluding hydrogens is 985 g/mol. The summed E-state index contributed by atoms with van der Waals surface area (Å²) in [5.74, 6) is -3.52. The van der Waals surface area contributed by atoms with Crippen LogP contribution in [0.25, 0.3) is 21.2 Å². The molecule has 0 bridgehead atoms. The van der Waals surface area contributed by atoms with Crippen LogP contribution in [-0.4, -0.2) is 87.3 Å². The van der Waals surface area contributed by atoms with E-state index in [0.717, 1.165) is 50.6 Å². The SMILES string of the molecule is COC(=O)OC(C)C(=O)c1nc(CCc2ccc(C)cc2C(=O)N[C@H](C)c2cccc3cc(COC(=O)C4OC4C(=O)NNC(=O)CCc4nnccc4C(=O)N[C@H](C)c4cccc(-c5cccs5)c4)ccc23)no1. The van der Waals surface area contributed by atoms with Gasteiger partial charge in [0.25, 0.3) is 29.4 Å². The first-order valence-electron chi connectivity index (χ1n) is 23.8. The van der Waals surface area contributed by atoms with Crippen molar-refractivity contribution in [1.29, 1.82) is 0 Å². The van der Waals surface area contributed by atoms with Gasteiger partial charge in [0.1, 0.15) is 6.61 Å². The molecule has 1 saturated heterocycles. The van der Waals surface area contributed by atoms with Crippen molar-refractivity contribution in [2.75, 3.05) is 7.11 Å². The molecule has 0 aliphatic carbocycles. The Balaban J connectivity index is 0.780. The molecule has 3 aromatic heterocycles. The first-order valence-corrected chi connectivity index (χ1v) is 24.7. The Hall–Kier alpha value is -8.69. The fourth-order valence-corrected chi connectivity index (χ4v) is 8.88. The zero-order valence-corrected chi connectivity index (χ0v) is 42.2. The summed E-state index contributed by atoms with van der Waals surface area (Å²) in [7, 11) is 1.12. The lowest BCUT2D eigenvalue weighted by Gasteiger charge is -2.19. The summed E-state index contributed by atoms with van der Waals surface area (Å²) in [6.45, 7) is 6.89. The molecule has 1 aliphatic heterocycles. The van der Waals surface area contributed by atoms with Gasteiger partial charge in [-0.2, -0.15) is 15.2 Å². The van der Waals surface area contributed by atoms with Crippen LogP contribution in [0, 0.1) is 6.92 Å². The number of hydrazine groups is 1. The molecular formula is C54H52N8O12S. The highest BCUT2D eigenvalue weighted by Crippen LogP contribution is 2.30. The Labute approximate surface area is 433 Å². The molecule has 1 aliphatic rings. The van der Waals surface area contributed by atoms with Crippen LogP contribution in [0.5, 0.6) is 0 Å². The van der Waals surface area contributed by atoms with Crippen LogP contribution in [0.3, 0.4) is 0 Å². The monoisotopic (exact) mass is 1040 g/mol. The maximum absolute atomic E-state index is 13.8. The van der Waals surface area contributed by atoms with Crippen LogP contribution in [0.2, 0.25) is 0 Å². The smallest absolute Gasteiger partial charge is 0.459 e. The predicted octanol–water partition coefficient (Wildman–Crippen LogP) is 6.76. The minimum Gasteiger partial charge on any atom is -0.459 e. The van der Waals surface area contributed by atoms with Crippen molar-refractivity contribution in [2.45, 2.75) is 90.4 Å². The van der Waals surface area contributed by atoms with E-state index in [-0.39, 0.29) is 61.0 Å². The number of hydrogen-bond acceptors (Lipinski definition) is 17. The number of carbonyl (C=O) groups excluding carboxylic acids is 7. The van der Waals surface area contributed by atoms with Crippen molar-refractivity contribution in [3.63, 3.8) is 0 Å². The third kappa shape index (κ3) is 13.3. The summed E-state index contributed by atoms with van der Waals surface area (Å²) in [5.41, 5.74) is 10.7. The lowest BCUT2D eigenvalue weighted by Crippen LogP contribution is -2.44. The number of nitrogens with zero attached hydrogens (tertiary/aromatic N) is 4. The topological polar surface area (TPSA) is 273 Å². The fourth-order valence-electron chi connectivity index (χ4n) is 8.16. The average Bonchev–Trinajstić information content (AvgIpc) is 3.75. The minimum atomic E-state index is -1.20. The van der Waals surface area contributed by atoms with Crippen LogP contribution in [0.15, 0.2) is 113 Å². The zero-order valence-electron chi connectivity index (χ0n) is 41.4. The molecule has 4 amide bonds. The van der Waals surface area contributed by atoms with Crippen molar-refractivity contribution < 1.29 is 57.0 Å². The summed E-state index contributed by atoms with van der Waals surface area (Å²) in [6.07, 6.45) is -2.64. The molecule has 75 heavy (non-hydrogen) atoms. The Morgan fingerprint density at radius 3 is 2.39 bits per heavy atom. The number of esters is 1. The molecule has 0 saturated carbocycles. The maximum atomic E-state index is 13.8. The Morgan fingerprint density at radius 1 is 0.787 bits per heavy atom. The zero-order chi connectivity index (χ0) is 53.2. The number of ketones is 1. The second-order valence-corrected chi connectivity index (χ2v) is 18.6. The Morgan fingerprint density at radius 2 is 1.59 bits per heavy atom. The van der Waals surface area contributed by atoms with Gasteiger partial charge in [-0.1, -0.05) is 77.5 Å². The molecule has 4 N–H and O–H groups in total. The largest absolute Gasteiger partial charge is 0.508 e. The highest BCUT2D eigenvalue weighted by atomic mass is 32.1. The van der Waals surface area contributed by atoms with Crippen LogP contribution in [0.1, 0.15) is 110 Å². The molecule has 7 aromatic rings. The van der Waals surface area contributed by atoms with Crippen LogP contribution >= 0.6 is 11.3 Å². The van der Waals surface area contributed by atoms with Gasteiger partial charge in [0.15, 0.2) is 24.1 Å². The van der Waals surface area contributed by atoms with Crippen molar-refractivity contribution in [3.05, 3.63) is 165 Å². The lowest BCUT2D eigenvalue weighted by molar-refractivity contribution is -0.146. The number of thiophene rings is 1. The van der Waals surface area contributed by atoms with E-state index in [1.807, 2.05) is 105 Å². The summed E-state index contributed by atoms with van der Waals surface area (Å²) < 4.78 is 25.2. The lowest BCUT2D eigenvalue weighted by atomic mass is 9.96. The molecule has 386 valence electrons. The van der Waals surface area contributed by atoms with Gasteiger partial charge in [-0.05, 0) is 108 Å². The molecule has 4 heterocycles. The second-order valence-electron chi connectivity index (χ2n) is 17.7. The van der Waals surface area contributed by atoms with Gasteiger partial charge in [0.05, 0.1) is 36.6 Å². The number of methoxy groups -OCH3 is 1. The van der Waals surface area contributed by atoms with E-state index >= 15 is 0 Å². The first kappa shape index (κ1) is 52.6. The van der Waals surface area contributed by atoms with Crippen molar-refractivity contribution in [2.24, 2.45) is 0 Å². The average molecular weight is 1040 g/mol. The van der Waals surface area contributed by atoms with Gasteiger partial charge in [-0.15, -0.1) is 11.3 Å². The van der Waals surface area contributed by atoms with Gasteiger partial charge >= 0.3 is 12.1 Å². The quantitative estimate of drug-likeness (QED) is 0.0266. The molecule has 20 nitrogen and oxygen atoms in total. The number of amides is 4. The van der Waals surface area contributed by atoms with Gasteiger partial charge in [-0.3, -0.25) is 34.8 Å².